The second-order valence-corrected chi connectivity index (χ2v) is 6.60. The van der Waals surface area contributed by atoms with Gasteiger partial charge in [-0.2, -0.15) is 0 Å². The van der Waals surface area contributed by atoms with Crippen LogP contribution in [0.4, 0.5) is 4.79 Å². The number of aliphatic hydroxyl groups is 1. The molecule has 0 unspecified atom stereocenters. The molecular weight excluding hydrogens is 260 g/mol. The van der Waals surface area contributed by atoms with Gasteiger partial charge in [0.05, 0.1) is 6.10 Å². The van der Waals surface area contributed by atoms with Gasteiger partial charge in [-0.15, -0.1) is 0 Å². The summed E-state index contributed by atoms with van der Waals surface area (Å²) in [5.41, 5.74) is 0.199. The lowest BCUT2D eigenvalue weighted by molar-refractivity contribution is -0.145. The summed E-state index contributed by atoms with van der Waals surface area (Å²) in [4.78, 5) is 26.4. The number of amides is 2. The number of likely N-dealkylation sites (tertiary alicyclic amines) is 2. The third-order valence-corrected chi connectivity index (χ3v) is 5.28. The average molecular weight is 282 g/mol. The van der Waals surface area contributed by atoms with E-state index in [1.807, 2.05) is 0 Å². The number of rotatable bonds is 1. The van der Waals surface area contributed by atoms with Crippen molar-refractivity contribution in [1.82, 2.24) is 9.80 Å². The lowest BCUT2D eigenvalue weighted by Crippen LogP contribution is -2.52. The molecule has 2 saturated heterocycles. The van der Waals surface area contributed by atoms with Gasteiger partial charge in [-0.25, -0.2) is 4.79 Å². The van der Waals surface area contributed by atoms with Crippen LogP contribution in [0.5, 0.6) is 0 Å². The molecule has 2 N–H and O–H groups in total. The fourth-order valence-corrected chi connectivity index (χ4v) is 3.94. The van der Waals surface area contributed by atoms with E-state index in [-0.39, 0.29) is 23.3 Å². The Morgan fingerprint density at radius 2 is 1.70 bits per heavy atom. The summed E-state index contributed by atoms with van der Waals surface area (Å²) in [5.74, 6) is 0.282. The first-order valence-electron chi connectivity index (χ1n) is 7.44. The Labute approximate surface area is 118 Å². The molecule has 3 rings (SSSR count). The van der Waals surface area contributed by atoms with Gasteiger partial charge in [0.15, 0.2) is 0 Å². The molecule has 0 radical (unpaired) electrons. The van der Waals surface area contributed by atoms with Crippen LogP contribution >= 0.6 is 0 Å². The molecule has 0 aromatic heterocycles. The number of nitrogens with zero attached hydrogens (tertiary/aromatic N) is 2. The maximum atomic E-state index is 12.3. The van der Waals surface area contributed by atoms with E-state index in [0.29, 0.717) is 32.6 Å². The van der Waals surface area contributed by atoms with Crippen molar-refractivity contribution >= 4 is 12.0 Å². The van der Waals surface area contributed by atoms with Gasteiger partial charge in [0.2, 0.25) is 5.91 Å². The van der Waals surface area contributed by atoms with Crippen LogP contribution < -0.4 is 0 Å². The molecule has 0 aromatic rings. The molecule has 2 aliphatic heterocycles. The normalized spacial score (nSPS) is 29.6. The second kappa shape index (κ2) is 4.91. The number of piperidine rings is 1. The van der Waals surface area contributed by atoms with Crippen LogP contribution in [0.1, 0.15) is 32.1 Å². The summed E-state index contributed by atoms with van der Waals surface area (Å²) >= 11 is 0. The van der Waals surface area contributed by atoms with Gasteiger partial charge in [-0.3, -0.25) is 4.79 Å². The van der Waals surface area contributed by atoms with Crippen LogP contribution in [0.3, 0.4) is 0 Å². The number of hydrogen-bond donors (Lipinski definition) is 2. The monoisotopic (exact) mass is 282 g/mol. The molecule has 1 spiro atoms. The molecule has 0 aromatic carbocycles. The van der Waals surface area contributed by atoms with E-state index in [4.69, 9.17) is 5.11 Å². The van der Waals surface area contributed by atoms with Gasteiger partial charge in [0, 0.05) is 32.1 Å². The van der Waals surface area contributed by atoms with E-state index in [1.54, 1.807) is 4.90 Å². The van der Waals surface area contributed by atoms with Crippen molar-refractivity contribution in [3.63, 3.8) is 0 Å². The largest absolute Gasteiger partial charge is 0.465 e. The summed E-state index contributed by atoms with van der Waals surface area (Å²) in [7, 11) is 0. The minimum atomic E-state index is -0.835. The zero-order valence-corrected chi connectivity index (χ0v) is 11.6. The third-order valence-electron chi connectivity index (χ3n) is 5.28. The maximum absolute atomic E-state index is 12.3. The molecule has 0 bridgehead atoms. The number of carbonyl (C=O) groups excluding carboxylic acids is 1. The zero-order chi connectivity index (χ0) is 14.3. The molecule has 1 saturated carbocycles. The molecule has 1 aliphatic carbocycles. The SMILES string of the molecule is O=C(O)N1CCC2(CC1)CC(C(=O)N1CC[C@@H](O)C1)C2. The van der Waals surface area contributed by atoms with Crippen LogP contribution in [-0.4, -0.2) is 64.3 Å². The molecule has 3 fully saturated rings. The van der Waals surface area contributed by atoms with Crippen molar-refractivity contribution < 1.29 is 19.8 Å². The van der Waals surface area contributed by atoms with Gasteiger partial charge in [-0.1, -0.05) is 0 Å². The zero-order valence-electron chi connectivity index (χ0n) is 11.6. The van der Waals surface area contributed by atoms with Crippen molar-refractivity contribution in [3.05, 3.63) is 0 Å². The predicted octanol–water partition coefficient (Wildman–Crippen LogP) is 0.750. The van der Waals surface area contributed by atoms with Crippen molar-refractivity contribution in [2.24, 2.45) is 11.3 Å². The quantitative estimate of drug-likeness (QED) is 0.743. The van der Waals surface area contributed by atoms with Gasteiger partial charge >= 0.3 is 6.09 Å². The highest BCUT2D eigenvalue weighted by Crippen LogP contribution is 2.53. The number of hydrogen-bond acceptors (Lipinski definition) is 3. The molecule has 1 atom stereocenters. The van der Waals surface area contributed by atoms with Gasteiger partial charge in [-0.05, 0) is 37.5 Å². The highest BCUT2D eigenvalue weighted by Gasteiger charge is 2.50. The van der Waals surface area contributed by atoms with E-state index < -0.39 is 6.09 Å². The van der Waals surface area contributed by atoms with Gasteiger partial charge in [0.25, 0.3) is 0 Å². The van der Waals surface area contributed by atoms with E-state index in [9.17, 15) is 14.7 Å². The summed E-state index contributed by atoms with van der Waals surface area (Å²) in [5, 5.41) is 18.4. The Balaban J connectivity index is 1.49. The van der Waals surface area contributed by atoms with Crippen molar-refractivity contribution in [2.45, 2.75) is 38.2 Å². The summed E-state index contributed by atoms with van der Waals surface area (Å²) in [6, 6.07) is 0. The van der Waals surface area contributed by atoms with E-state index in [1.165, 1.54) is 4.90 Å². The summed E-state index contributed by atoms with van der Waals surface area (Å²) < 4.78 is 0. The molecule has 112 valence electrons. The fourth-order valence-electron chi connectivity index (χ4n) is 3.94. The summed E-state index contributed by atoms with van der Waals surface area (Å²) in [6.45, 7) is 2.35. The summed E-state index contributed by atoms with van der Waals surface area (Å²) in [6.07, 6.45) is 3.05. The highest BCUT2D eigenvalue weighted by atomic mass is 16.4. The average Bonchev–Trinajstić information content (AvgIpc) is 2.82. The van der Waals surface area contributed by atoms with Crippen LogP contribution in [-0.2, 0) is 4.79 Å². The van der Waals surface area contributed by atoms with Crippen LogP contribution in [0.2, 0.25) is 0 Å². The third kappa shape index (κ3) is 2.37. The highest BCUT2D eigenvalue weighted by molar-refractivity contribution is 5.80. The predicted molar refractivity (Wildman–Crippen MR) is 71.2 cm³/mol. The minimum absolute atomic E-state index is 0.0941. The Bertz CT molecular complexity index is 409. The smallest absolute Gasteiger partial charge is 0.407 e. The van der Waals surface area contributed by atoms with Gasteiger partial charge < -0.3 is 20.0 Å². The van der Waals surface area contributed by atoms with Crippen molar-refractivity contribution in [2.75, 3.05) is 26.2 Å². The standard InChI is InChI=1S/C14H22N2O4/c17-11-1-4-16(9-11)12(18)10-7-14(8-10)2-5-15(6-3-14)13(19)20/h10-11,17H,1-9H2,(H,19,20)/t11-/m1/s1. The molecule has 2 amide bonds. The van der Waals surface area contributed by atoms with Gasteiger partial charge in [0.1, 0.15) is 0 Å². The first-order chi connectivity index (χ1) is 9.49. The lowest BCUT2D eigenvalue weighted by atomic mass is 9.57. The fraction of sp³-hybridized carbons (Fsp3) is 0.857. The molecule has 3 aliphatic rings. The Hall–Kier alpha value is -1.30. The number of carbonyl (C=O) groups is 2. The number of carboxylic acid groups (broad SMARTS) is 1. The Kier molecular flexibility index (Phi) is 3.36. The Morgan fingerprint density at radius 3 is 2.20 bits per heavy atom. The Morgan fingerprint density at radius 1 is 1.05 bits per heavy atom. The molecule has 6 heteroatoms. The van der Waals surface area contributed by atoms with Crippen LogP contribution in [0.15, 0.2) is 0 Å². The molecular formula is C14H22N2O4. The van der Waals surface area contributed by atoms with E-state index in [0.717, 1.165) is 25.7 Å². The van der Waals surface area contributed by atoms with Crippen LogP contribution in [0.25, 0.3) is 0 Å². The topological polar surface area (TPSA) is 81.1 Å². The van der Waals surface area contributed by atoms with Crippen molar-refractivity contribution in [3.8, 4) is 0 Å². The molecule has 2 heterocycles. The van der Waals surface area contributed by atoms with Crippen LogP contribution in [0, 0.1) is 11.3 Å². The number of β-amino-alcohol motifs (C(OH)–C–C–N with tert-alkyl or cyclic N) is 1. The first-order valence-corrected chi connectivity index (χ1v) is 7.44. The van der Waals surface area contributed by atoms with E-state index in [2.05, 4.69) is 0 Å². The van der Waals surface area contributed by atoms with E-state index >= 15 is 0 Å². The van der Waals surface area contributed by atoms with Crippen molar-refractivity contribution in [1.29, 1.82) is 0 Å². The first kappa shape index (κ1) is 13.7. The molecule has 6 nitrogen and oxygen atoms in total. The minimum Gasteiger partial charge on any atom is -0.465 e. The number of aliphatic hydroxyl groups excluding tert-OH is 1. The lowest BCUT2D eigenvalue weighted by Gasteiger charge is -2.51. The molecule has 20 heavy (non-hydrogen) atoms. The second-order valence-electron chi connectivity index (χ2n) is 6.60. The maximum Gasteiger partial charge on any atom is 0.407 e.